The molecule has 0 bridgehead atoms. The van der Waals surface area contributed by atoms with Crippen LogP contribution in [0.5, 0.6) is 0 Å². The number of rotatable bonds is 4. The maximum absolute atomic E-state index is 6.06. The van der Waals surface area contributed by atoms with Gasteiger partial charge in [-0.15, -0.1) is 0 Å². The molecule has 16 heavy (non-hydrogen) atoms. The van der Waals surface area contributed by atoms with Crippen LogP contribution >= 0.6 is 0 Å². The largest absolute Gasteiger partial charge is 0.449 e. The first-order valence-electron chi connectivity index (χ1n) is 5.77. The van der Waals surface area contributed by atoms with Crippen molar-refractivity contribution in [2.24, 2.45) is 0 Å². The zero-order valence-electron chi connectivity index (χ0n) is 11.3. The van der Waals surface area contributed by atoms with Crippen LogP contribution in [0.4, 0.5) is 0 Å². The predicted octanol–water partition coefficient (Wildman–Crippen LogP) is 3.55. The molecule has 0 aliphatic rings. The van der Waals surface area contributed by atoms with Crippen LogP contribution in [-0.2, 0) is 10.8 Å². The van der Waals surface area contributed by atoms with Gasteiger partial charge in [0.1, 0.15) is 6.26 Å². The lowest BCUT2D eigenvalue weighted by Crippen LogP contribution is -2.41. The highest BCUT2D eigenvalue weighted by Crippen LogP contribution is 2.36. The summed E-state index contributed by atoms with van der Waals surface area (Å²) < 4.78 is 11.2. The lowest BCUT2D eigenvalue weighted by atomic mass is 10.2. The van der Waals surface area contributed by atoms with E-state index in [1.54, 1.807) is 6.26 Å². The highest BCUT2D eigenvalue weighted by Gasteiger charge is 2.36. The van der Waals surface area contributed by atoms with Crippen LogP contribution < -0.4 is 0 Å². The second-order valence-corrected chi connectivity index (χ2v) is 10.5. The molecule has 0 aromatic carbocycles. The van der Waals surface area contributed by atoms with Crippen LogP contribution in [-0.4, -0.2) is 19.9 Å². The van der Waals surface area contributed by atoms with E-state index in [-0.39, 0.29) is 5.04 Å². The Kier molecular flexibility index (Phi) is 3.96. The SMILES string of the molecule is Cc1nc(CCO[Si](C)(C)C(C)(C)C)co1. The second-order valence-electron chi connectivity index (χ2n) is 5.72. The van der Waals surface area contributed by atoms with Crippen molar-refractivity contribution in [3.63, 3.8) is 0 Å². The first-order valence-corrected chi connectivity index (χ1v) is 8.68. The molecule has 1 aromatic heterocycles. The molecule has 0 saturated heterocycles. The first-order chi connectivity index (χ1) is 7.22. The van der Waals surface area contributed by atoms with Crippen molar-refractivity contribution in [3.05, 3.63) is 17.8 Å². The third-order valence-corrected chi connectivity index (χ3v) is 7.83. The van der Waals surface area contributed by atoms with Crippen molar-refractivity contribution in [3.8, 4) is 0 Å². The van der Waals surface area contributed by atoms with Gasteiger partial charge >= 0.3 is 0 Å². The molecule has 0 radical (unpaired) electrons. The number of hydrogen-bond acceptors (Lipinski definition) is 3. The average molecular weight is 241 g/mol. The molecule has 0 N–H and O–H groups in total. The molecule has 4 heteroatoms. The van der Waals surface area contributed by atoms with E-state index in [4.69, 9.17) is 8.84 Å². The van der Waals surface area contributed by atoms with Gasteiger partial charge in [0.2, 0.25) is 0 Å². The summed E-state index contributed by atoms with van der Waals surface area (Å²) in [5.41, 5.74) is 0.983. The smallest absolute Gasteiger partial charge is 0.191 e. The standard InChI is InChI=1S/C12H23NO2Si/c1-10-13-11(9-14-10)7-8-15-16(5,6)12(2,3)4/h9H,7-8H2,1-6H3. The minimum atomic E-state index is -1.61. The summed E-state index contributed by atoms with van der Waals surface area (Å²) in [5.74, 6) is 0.724. The van der Waals surface area contributed by atoms with Crippen molar-refractivity contribution >= 4 is 8.32 Å². The zero-order valence-corrected chi connectivity index (χ0v) is 12.3. The Morgan fingerprint density at radius 1 is 1.38 bits per heavy atom. The molecule has 1 rings (SSSR count). The van der Waals surface area contributed by atoms with Gasteiger partial charge in [-0.05, 0) is 18.1 Å². The summed E-state index contributed by atoms with van der Waals surface area (Å²) in [5, 5.41) is 0.271. The summed E-state index contributed by atoms with van der Waals surface area (Å²) in [6.07, 6.45) is 2.55. The molecule has 0 saturated carbocycles. The van der Waals surface area contributed by atoms with E-state index < -0.39 is 8.32 Å². The van der Waals surface area contributed by atoms with E-state index in [1.807, 2.05) is 6.92 Å². The highest BCUT2D eigenvalue weighted by molar-refractivity contribution is 6.74. The quantitative estimate of drug-likeness (QED) is 0.756. The summed E-state index contributed by atoms with van der Waals surface area (Å²) in [6.45, 7) is 13.9. The minimum absolute atomic E-state index is 0.271. The van der Waals surface area contributed by atoms with E-state index in [0.717, 1.165) is 24.6 Å². The lowest BCUT2D eigenvalue weighted by molar-refractivity contribution is 0.290. The van der Waals surface area contributed by atoms with Gasteiger partial charge in [0.25, 0.3) is 0 Å². The van der Waals surface area contributed by atoms with Crippen molar-refractivity contribution in [1.82, 2.24) is 4.98 Å². The van der Waals surface area contributed by atoms with E-state index >= 15 is 0 Å². The Bertz CT molecular complexity index is 339. The molecule has 0 unspecified atom stereocenters. The van der Waals surface area contributed by atoms with Crippen LogP contribution in [0.2, 0.25) is 18.1 Å². The van der Waals surface area contributed by atoms with Crippen molar-refractivity contribution in [2.75, 3.05) is 6.61 Å². The fourth-order valence-corrected chi connectivity index (χ4v) is 2.20. The molecule has 0 aliphatic heterocycles. The van der Waals surface area contributed by atoms with Crippen LogP contribution in [0.3, 0.4) is 0 Å². The lowest BCUT2D eigenvalue weighted by Gasteiger charge is -2.36. The maximum Gasteiger partial charge on any atom is 0.191 e. The van der Waals surface area contributed by atoms with Crippen LogP contribution in [0.15, 0.2) is 10.7 Å². The zero-order chi connectivity index (χ0) is 12.4. The van der Waals surface area contributed by atoms with Gasteiger partial charge in [-0.1, -0.05) is 20.8 Å². The van der Waals surface area contributed by atoms with E-state index in [1.165, 1.54) is 0 Å². The predicted molar refractivity (Wildman–Crippen MR) is 68.1 cm³/mol. The van der Waals surface area contributed by atoms with Crippen molar-refractivity contribution < 1.29 is 8.84 Å². The van der Waals surface area contributed by atoms with Crippen molar-refractivity contribution in [2.45, 2.75) is 52.2 Å². The van der Waals surface area contributed by atoms with Crippen LogP contribution in [0.1, 0.15) is 32.4 Å². The third-order valence-electron chi connectivity index (χ3n) is 3.29. The molecule has 0 fully saturated rings. The summed E-state index contributed by atoms with van der Waals surface area (Å²) in [6, 6.07) is 0. The summed E-state index contributed by atoms with van der Waals surface area (Å²) >= 11 is 0. The van der Waals surface area contributed by atoms with Gasteiger partial charge in [-0.2, -0.15) is 0 Å². The van der Waals surface area contributed by atoms with Gasteiger partial charge in [0.15, 0.2) is 14.2 Å². The monoisotopic (exact) mass is 241 g/mol. The molecular formula is C12H23NO2Si. The van der Waals surface area contributed by atoms with Crippen molar-refractivity contribution in [1.29, 1.82) is 0 Å². The molecule has 0 amide bonds. The Labute approximate surface area is 99.3 Å². The molecule has 3 nitrogen and oxygen atoms in total. The third kappa shape index (κ3) is 3.45. The maximum atomic E-state index is 6.06. The molecule has 0 aliphatic carbocycles. The van der Waals surface area contributed by atoms with Gasteiger partial charge < -0.3 is 8.84 Å². The number of nitrogens with zero attached hydrogens (tertiary/aromatic N) is 1. The topological polar surface area (TPSA) is 35.3 Å². The van der Waals surface area contributed by atoms with Crippen LogP contribution in [0, 0.1) is 6.92 Å². The first kappa shape index (κ1) is 13.5. The van der Waals surface area contributed by atoms with Gasteiger partial charge in [0, 0.05) is 20.0 Å². The summed E-state index contributed by atoms with van der Waals surface area (Å²) in [7, 11) is -1.61. The Balaban J connectivity index is 2.41. The van der Waals surface area contributed by atoms with Gasteiger partial charge in [0.05, 0.1) is 5.69 Å². The summed E-state index contributed by atoms with van der Waals surface area (Å²) in [4.78, 5) is 4.26. The number of aromatic nitrogens is 1. The Hall–Kier alpha value is -0.613. The normalized spacial score (nSPS) is 13.1. The second kappa shape index (κ2) is 4.71. The van der Waals surface area contributed by atoms with Gasteiger partial charge in [-0.25, -0.2) is 4.98 Å². The molecule has 92 valence electrons. The molecule has 0 spiro atoms. The number of hydrogen-bond donors (Lipinski definition) is 0. The van der Waals surface area contributed by atoms with Crippen LogP contribution in [0.25, 0.3) is 0 Å². The minimum Gasteiger partial charge on any atom is -0.449 e. The fourth-order valence-electron chi connectivity index (χ4n) is 1.15. The average Bonchev–Trinajstić information content (AvgIpc) is 2.49. The number of aryl methyl sites for hydroxylation is 1. The molecular weight excluding hydrogens is 218 g/mol. The fraction of sp³-hybridized carbons (Fsp3) is 0.750. The Morgan fingerprint density at radius 3 is 2.44 bits per heavy atom. The van der Waals surface area contributed by atoms with Gasteiger partial charge in [-0.3, -0.25) is 0 Å². The van der Waals surface area contributed by atoms with E-state index in [2.05, 4.69) is 38.8 Å². The highest BCUT2D eigenvalue weighted by atomic mass is 28.4. The molecule has 0 atom stereocenters. The number of oxazole rings is 1. The van der Waals surface area contributed by atoms with E-state index in [9.17, 15) is 0 Å². The Morgan fingerprint density at radius 2 is 2.00 bits per heavy atom. The van der Waals surface area contributed by atoms with E-state index in [0.29, 0.717) is 0 Å². The molecule has 1 heterocycles. The molecule has 1 aromatic rings.